The van der Waals surface area contributed by atoms with E-state index in [9.17, 15) is 18.7 Å². The Balaban J connectivity index is 1.30. The minimum atomic E-state index is -1.92. The molecule has 1 aliphatic heterocycles. The Kier molecular flexibility index (Phi) is 6.92. The number of carbonyl (C=O) groups excluding carboxylic acids is 1. The van der Waals surface area contributed by atoms with Crippen molar-refractivity contribution in [1.29, 1.82) is 0 Å². The lowest BCUT2D eigenvalue weighted by Crippen LogP contribution is -2.51. The van der Waals surface area contributed by atoms with Crippen LogP contribution < -0.4 is 0 Å². The Labute approximate surface area is 226 Å². The third-order valence-electron chi connectivity index (χ3n) is 7.75. The van der Waals surface area contributed by atoms with Crippen molar-refractivity contribution >= 4 is 17.2 Å². The predicted molar refractivity (Wildman–Crippen MR) is 147 cm³/mol. The van der Waals surface area contributed by atoms with E-state index >= 15 is 0 Å². The fraction of sp³-hybridized carbons (Fsp3) is 0.400. The Morgan fingerprint density at radius 2 is 1.68 bits per heavy atom. The second kappa shape index (κ2) is 9.91. The van der Waals surface area contributed by atoms with Crippen LogP contribution >= 0.6 is 0 Å². The fourth-order valence-corrected chi connectivity index (χ4v) is 6.24. The zero-order valence-corrected chi connectivity index (χ0v) is 22.8. The predicted octanol–water partition coefficient (Wildman–Crippen LogP) is 5.92. The highest BCUT2D eigenvalue weighted by Gasteiger charge is 2.51. The molecule has 3 aromatic rings. The second-order valence-electron chi connectivity index (χ2n) is 11.1. The van der Waals surface area contributed by atoms with Crippen molar-refractivity contribution in [3.8, 4) is 11.1 Å². The highest BCUT2D eigenvalue weighted by Crippen LogP contribution is 2.49. The first-order chi connectivity index (χ1) is 18.0. The van der Waals surface area contributed by atoms with Crippen molar-refractivity contribution in [3.05, 3.63) is 89.7 Å². The molecule has 3 atom stereocenters. The van der Waals surface area contributed by atoms with Gasteiger partial charge in [0.15, 0.2) is 11.1 Å². The normalized spacial score (nSPS) is 22.4. The molecule has 38 heavy (non-hydrogen) atoms. The molecule has 2 N–H and O–H groups in total. The molecule has 7 nitrogen and oxygen atoms in total. The lowest BCUT2D eigenvalue weighted by atomic mass is 9.80. The maximum absolute atomic E-state index is 13.3. The van der Waals surface area contributed by atoms with Crippen LogP contribution in [0.1, 0.15) is 69.3 Å². The van der Waals surface area contributed by atoms with Crippen LogP contribution in [0.5, 0.6) is 0 Å². The number of pyridine rings is 1. The van der Waals surface area contributed by atoms with Gasteiger partial charge in [-0.15, -0.1) is 0 Å². The van der Waals surface area contributed by atoms with E-state index in [4.69, 9.17) is 4.74 Å². The number of aromatic nitrogens is 1. The average Bonchev–Trinajstić information content (AvgIpc) is 3.71. The van der Waals surface area contributed by atoms with Crippen molar-refractivity contribution in [2.45, 2.75) is 68.4 Å². The van der Waals surface area contributed by atoms with Crippen LogP contribution in [0, 0.1) is 0 Å². The minimum Gasteiger partial charge on any atom is -0.438 e. The molecule has 8 heteroatoms. The zero-order chi connectivity index (χ0) is 27.1. The van der Waals surface area contributed by atoms with Crippen LogP contribution in [0.3, 0.4) is 0 Å². The van der Waals surface area contributed by atoms with Gasteiger partial charge in [-0.25, -0.2) is 9.00 Å². The topological polar surface area (TPSA) is 100.0 Å². The van der Waals surface area contributed by atoms with Gasteiger partial charge in [-0.05, 0) is 56.4 Å². The highest BCUT2D eigenvalue weighted by molar-refractivity contribution is 7.80. The Morgan fingerprint density at radius 1 is 1.03 bits per heavy atom. The Morgan fingerprint density at radius 3 is 2.21 bits per heavy atom. The molecular formula is C30H34N2O5S. The van der Waals surface area contributed by atoms with Gasteiger partial charge >= 0.3 is 6.09 Å². The summed E-state index contributed by atoms with van der Waals surface area (Å²) in [4.78, 5) is 19.5. The van der Waals surface area contributed by atoms with Crippen LogP contribution in [0.15, 0.2) is 72.9 Å². The maximum Gasteiger partial charge on any atom is 0.411 e. The number of carbonyl (C=O) groups is 1. The van der Waals surface area contributed by atoms with E-state index in [2.05, 4.69) is 4.98 Å². The summed E-state index contributed by atoms with van der Waals surface area (Å²) in [5.74, 6) is 0. The van der Waals surface area contributed by atoms with E-state index in [-0.39, 0.29) is 6.04 Å². The number of cyclic esters (lactones) is 1. The summed E-state index contributed by atoms with van der Waals surface area (Å²) in [5, 5.41) is 10.6. The lowest BCUT2D eigenvalue weighted by Gasteiger charge is -2.45. The molecule has 1 amide bonds. The lowest BCUT2D eigenvalue weighted by molar-refractivity contribution is -0.101. The van der Waals surface area contributed by atoms with Crippen molar-refractivity contribution in [1.82, 2.24) is 9.88 Å². The molecule has 200 valence electrons. The fourth-order valence-electron chi connectivity index (χ4n) is 5.49. The van der Waals surface area contributed by atoms with E-state index < -0.39 is 33.1 Å². The molecule has 0 spiro atoms. The first kappa shape index (κ1) is 26.5. The third kappa shape index (κ3) is 5.13. The van der Waals surface area contributed by atoms with Gasteiger partial charge < -0.3 is 19.3 Å². The number of aliphatic hydroxyl groups is 1. The van der Waals surface area contributed by atoms with Gasteiger partial charge in [0.1, 0.15) is 10.3 Å². The molecule has 1 saturated carbocycles. The number of benzene rings is 2. The number of hydrogen-bond donors (Lipinski definition) is 2. The van der Waals surface area contributed by atoms with E-state index in [0.29, 0.717) is 37.9 Å². The summed E-state index contributed by atoms with van der Waals surface area (Å²) in [5.41, 5.74) is 2.56. The number of nitrogens with zero attached hydrogens (tertiary/aromatic N) is 2. The van der Waals surface area contributed by atoms with Crippen molar-refractivity contribution < 1.29 is 23.4 Å². The highest BCUT2D eigenvalue weighted by atomic mass is 32.2. The van der Waals surface area contributed by atoms with Gasteiger partial charge in [-0.3, -0.25) is 4.98 Å². The Hall–Kier alpha value is -3.07. The molecule has 2 heterocycles. The molecule has 2 aliphatic rings. The monoisotopic (exact) mass is 534 g/mol. The van der Waals surface area contributed by atoms with E-state index in [1.807, 2.05) is 73.7 Å². The minimum absolute atomic E-state index is 0.192. The van der Waals surface area contributed by atoms with Crippen LogP contribution in [0.4, 0.5) is 4.79 Å². The van der Waals surface area contributed by atoms with Crippen LogP contribution in [0.2, 0.25) is 0 Å². The molecule has 1 aliphatic carbocycles. The van der Waals surface area contributed by atoms with Crippen molar-refractivity contribution in [2.24, 2.45) is 0 Å². The molecule has 1 aromatic heterocycles. The quantitative estimate of drug-likeness (QED) is 0.348. The molecule has 2 fully saturated rings. The number of amides is 1. The van der Waals surface area contributed by atoms with Gasteiger partial charge in [0, 0.05) is 31.1 Å². The summed E-state index contributed by atoms with van der Waals surface area (Å²) in [6.07, 6.45) is 3.60. The molecular weight excluding hydrogens is 500 g/mol. The summed E-state index contributed by atoms with van der Waals surface area (Å²) >= 11 is -1.92. The third-order valence-corrected chi connectivity index (χ3v) is 9.04. The van der Waals surface area contributed by atoms with Gasteiger partial charge in [-0.2, -0.15) is 0 Å². The van der Waals surface area contributed by atoms with Gasteiger partial charge in [-0.1, -0.05) is 60.7 Å². The SMILES string of the molecule is C[C@@H](c1ccc(-c2ccc(C3(S(=O)O)CC3)nc2)cc1)N1CC[C@](CC(C)(C)O)(c2ccccc2)OC1=O. The smallest absolute Gasteiger partial charge is 0.411 e. The second-order valence-corrected chi connectivity index (χ2v) is 12.4. The standard InChI is InChI=1S/C30H34N2O5S/c1-21(32-18-17-29(37-27(32)33,20-28(2,3)34)25-7-5-4-6-8-25)22-9-11-23(12-10-22)24-13-14-26(31-19-24)30(15-16-30)38(35)36/h4-14,19,21,34H,15-18,20H2,1-3H3,(H,35,36)/t21-,29-/m0/s1. The summed E-state index contributed by atoms with van der Waals surface area (Å²) in [7, 11) is 0. The zero-order valence-electron chi connectivity index (χ0n) is 22.0. The van der Waals surface area contributed by atoms with Crippen LogP contribution in [-0.2, 0) is 26.2 Å². The number of hydrogen-bond acceptors (Lipinski definition) is 5. The summed E-state index contributed by atoms with van der Waals surface area (Å²) in [6, 6.07) is 21.2. The van der Waals surface area contributed by atoms with Crippen LogP contribution in [-0.4, -0.2) is 42.0 Å². The average molecular weight is 535 g/mol. The number of rotatable bonds is 8. The van der Waals surface area contributed by atoms with Crippen molar-refractivity contribution in [2.75, 3.05) is 6.54 Å². The van der Waals surface area contributed by atoms with E-state index in [1.165, 1.54) is 0 Å². The first-order valence-electron chi connectivity index (χ1n) is 13.0. The van der Waals surface area contributed by atoms with Crippen molar-refractivity contribution in [3.63, 3.8) is 0 Å². The maximum atomic E-state index is 13.3. The summed E-state index contributed by atoms with van der Waals surface area (Å²) < 4.78 is 26.7. The molecule has 1 unspecified atom stereocenters. The van der Waals surface area contributed by atoms with Gasteiger partial charge in [0.25, 0.3) is 0 Å². The van der Waals surface area contributed by atoms with Crippen LogP contribution in [0.25, 0.3) is 11.1 Å². The molecule has 5 rings (SSSR count). The van der Waals surface area contributed by atoms with E-state index in [1.54, 1.807) is 24.9 Å². The molecule has 0 radical (unpaired) electrons. The van der Waals surface area contributed by atoms with E-state index in [0.717, 1.165) is 22.3 Å². The number of ether oxygens (including phenoxy) is 1. The van der Waals surface area contributed by atoms with Gasteiger partial charge in [0.05, 0.1) is 17.3 Å². The van der Waals surface area contributed by atoms with Gasteiger partial charge in [0.2, 0.25) is 0 Å². The molecule has 1 saturated heterocycles. The summed E-state index contributed by atoms with van der Waals surface area (Å²) in [6.45, 7) is 5.97. The Bertz CT molecular complexity index is 1320. The first-order valence-corrected chi connectivity index (χ1v) is 14.1. The molecule has 2 aromatic carbocycles. The largest absolute Gasteiger partial charge is 0.438 e. The molecule has 0 bridgehead atoms.